The van der Waals surface area contributed by atoms with E-state index in [1.807, 2.05) is 0 Å². The van der Waals surface area contributed by atoms with Gasteiger partial charge in [-0.2, -0.15) is 0 Å². The van der Waals surface area contributed by atoms with E-state index in [4.69, 9.17) is 16.6 Å². The van der Waals surface area contributed by atoms with E-state index in [9.17, 15) is 14.4 Å². The number of carboxylic acids is 1. The maximum absolute atomic E-state index is 11.6. The topological polar surface area (TPSA) is 136 Å². The highest BCUT2D eigenvalue weighted by Gasteiger charge is 2.14. The molecule has 104 valence electrons. The molecule has 0 spiro atoms. The highest BCUT2D eigenvalue weighted by Crippen LogP contribution is 2.22. The van der Waals surface area contributed by atoms with Crippen LogP contribution in [-0.4, -0.2) is 40.4 Å². The predicted molar refractivity (Wildman–Crippen MR) is 74.4 cm³/mol. The summed E-state index contributed by atoms with van der Waals surface area (Å²) >= 11 is 2.29. The Labute approximate surface area is 117 Å². The number of nitrogens with two attached hydrogens (primary N) is 2. The summed E-state index contributed by atoms with van der Waals surface area (Å²) in [4.78, 5) is 33.1. The number of amides is 2. The molecule has 0 aliphatic carbocycles. The van der Waals surface area contributed by atoms with Crippen LogP contribution in [0.3, 0.4) is 0 Å². The number of anilines is 1. The van der Waals surface area contributed by atoms with Gasteiger partial charge in [0.15, 0.2) is 0 Å². The molecule has 0 saturated heterocycles. The van der Waals surface area contributed by atoms with Crippen molar-refractivity contribution in [2.24, 2.45) is 11.5 Å². The molecule has 7 nitrogen and oxygen atoms in total. The van der Waals surface area contributed by atoms with Crippen molar-refractivity contribution < 1.29 is 19.5 Å². The van der Waals surface area contributed by atoms with E-state index in [1.54, 1.807) is 5.38 Å². The van der Waals surface area contributed by atoms with Gasteiger partial charge in [-0.05, 0) is 11.4 Å². The van der Waals surface area contributed by atoms with E-state index >= 15 is 0 Å². The molecule has 1 rings (SSSR count). The Kier molecular flexibility index (Phi) is 5.80. The van der Waals surface area contributed by atoms with E-state index < -0.39 is 17.9 Å². The molecule has 2 amide bonds. The molecule has 0 aliphatic heterocycles. The minimum Gasteiger partial charge on any atom is -0.480 e. The van der Waals surface area contributed by atoms with E-state index in [1.165, 1.54) is 17.4 Å². The third kappa shape index (κ3) is 4.89. The summed E-state index contributed by atoms with van der Waals surface area (Å²) in [7, 11) is 0. The van der Waals surface area contributed by atoms with Gasteiger partial charge in [0.05, 0.1) is 11.3 Å². The van der Waals surface area contributed by atoms with Gasteiger partial charge in [-0.3, -0.25) is 14.4 Å². The van der Waals surface area contributed by atoms with Crippen LogP contribution in [0.2, 0.25) is 0 Å². The average Bonchev–Trinajstić information content (AvgIpc) is 2.76. The van der Waals surface area contributed by atoms with Gasteiger partial charge in [0.25, 0.3) is 5.91 Å². The van der Waals surface area contributed by atoms with Crippen molar-refractivity contribution in [2.45, 2.75) is 6.04 Å². The van der Waals surface area contributed by atoms with Crippen molar-refractivity contribution in [1.29, 1.82) is 0 Å². The van der Waals surface area contributed by atoms with Gasteiger partial charge in [-0.25, -0.2) is 0 Å². The molecule has 1 atom stereocenters. The molecule has 1 aromatic rings. The molecular weight excluding hydrogens is 290 g/mol. The lowest BCUT2D eigenvalue weighted by Crippen LogP contribution is -2.33. The van der Waals surface area contributed by atoms with Crippen LogP contribution in [0, 0.1) is 0 Å². The number of carboxylic acid groups (broad SMARTS) is 1. The third-order valence-corrected chi connectivity index (χ3v) is 3.92. The Morgan fingerprint density at radius 2 is 2.16 bits per heavy atom. The number of rotatable bonds is 7. The average molecular weight is 303 g/mol. The van der Waals surface area contributed by atoms with Crippen molar-refractivity contribution in [2.75, 3.05) is 16.8 Å². The monoisotopic (exact) mass is 303 g/mol. The highest BCUT2D eigenvalue weighted by molar-refractivity contribution is 8.00. The standard InChI is InChI=1S/C10H13N3O4S2/c11-6(10(16)17)3-18-4-7(14)13-9-5(8(12)15)1-2-19-9/h1-2,6H,3-4,11H2,(H2,12,15)(H,13,14)(H,16,17)/t6-/m0/s1. The minimum absolute atomic E-state index is 0.0527. The molecule has 0 saturated carbocycles. The number of primary amides is 1. The van der Waals surface area contributed by atoms with Gasteiger partial charge in [-0.15, -0.1) is 23.1 Å². The SMILES string of the molecule is NC(=O)c1ccsc1NC(=O)CSC[C@H](N)C(=O)O. The Morgan fingerprint density at radius 1 is 1.47 bits per heavy atom. The van der Waals surface area contributed by atoms with Crippen molar-refractivity contribution in [3.63, 3.8) is 0 Å². The lowest BCUT2D eigenvalue weighted by Gasteiger charge is -2.06. The second-order valence-electron chi connectivity index (χ2n) is 3.54. The zero-order valence-electron chi connectivity index (χ0n) is 9.79. The van der Waals surface area contributed by atoms with Gasteiger partial charge >= 0.3 is 5.97 Å². The largest absolute Gasteiger partial charge is 0.480 e. The second-order valence-corrected chi connectivity index (χ2v) is 5.48. The first kappa shape index (κ1) is 15.5. The zero-order valence-corrected chi connectivity index (χ0v) is 11.4. The van der Waals surface area contributed by atoms with Crippen molar-refractivity contribution in [3.05, 3.63) is 17.0 Å². The second kappa shape index (κ2) is 7.12. The third-order valence-electron chi connectivity index (χ3n) is 2.03. The summed E-state index contributed by atoms with van der Waals surface area (Å²) in [6.45, 7) is 0. The van der Waals surface area contributed by atoms with Gasteiger partial charge < -0.3 is 21.9 Å². The lowest BCUT2D eigenvalue weighted by atomic mass is 10.3. The maximum Gasteiger partial charge on any atom is 0.321 e. The smallest absolute Gasteiger partial charge is 0.321 e. The molecule has 1 aromatic heterocycles. The predicted octanol–water partition coefficient (Wildman–Crippen LogP) is -0.0694. The zero-order chi connectivity index (χ0) is 14.4. The van der Waals surface area contributed by atoms with Crippen LogP contribution in [0.25, 0.3) is 0 Å². The fourth-order valence-corrected chi connectivity index (χ4v) is 2.69. The normalized spacial score (nSPS) is 11.8. The molecule has 19 heavy (non-hydrogen) atoms. The van der Waals surface area contributed by atoms with E-state index in [0.29, 0.717) is 5.00 Å². The quantitative estimate of drug-likeness (QED) is 0.557. The van der Waals surface area contributed by atoms with Crippen LogP contribution in [0.5, 0.6) is 0 Å². The fourth-order valence-electron chi connectivity index (χ4n) is 1.11. The van der Waals surface area contributed by atoms with Crippen LogP contribution in [0.15, 0.2) is 11.4 Å². The molecule has 0 fully saturated rings. The van der Waals surface area contributed by atoms with Crippen LogP contribution in [0.1, 0.15) is 10.4 Å². The number of carbonyl (C=O) groups is 3. The Bertz CT molecular complexity index is 489. The van der Waals surface area contributed by atoms with Crippen LogP contribution >= 0.6 is 23.1 Å². The van der Waals surface area contributed by atoms with Crippen LogP contribution < -0.4 is 16.8 Å². The molecule has 0 aromatic carbocycles. The van der Waals surface area contributed by atoms with Gasteiger partial charge in [0.2, 0.25) is 5.91 Å². The number of aliphatic carboxylic acids is 1. The summed E-state index contributed by atoms with van der Waals surface area (Å²) in [5.41, 5.74) is 10.7. The van der Waals surface area contributed by atoms with E-state index in [2.05, 4.69) is 5.32 Å². The first-order chi connectivity index (χ1) is 8.91. The van der Waals surface area contributed by atoms with Crippen LogP contribution in [0.4, 0.5) is 5.00 Å². The number of thiophene rings is 1. The summed E-state index contributed by atoms with van der Waals surface area (Å²) in [6, 6.07) is 0.525. The summed E-state index contributed by atoms with van der Waals surface area (Å²) in [5, 5.41) is 13.1. The molecule has 6 N–H and O–H groups in total. The highest BCUT2D eigenvalue weighted by atomic mass is 32.2. The molecular formula is C10H13N3O4S2. The first-order valence-corrected chi connectivity index (χ1v) is 7.18. The lowest BCUT2D eigenvalue weighted by molar-refractivity contribution is -0.137. The van der Waals surface area contributed by atoms with Crippen molar-refractivity contribution in [1.82, 2.24) is 0 Å². The first-order valence-electron chi connectivity index (χ1n) is 5.15. The Morgan fingerprint density at radius 3 is 2.74 bits per heavy atom. The molecule has 0 aliphatic rings. The number of carbonyl (C=O) groups excluding carboxylic acids is 2. The molecule has 0 unspecified atom stereocenters. The molecule has 1 heterocycles. The molecule has 9 heteroatoms. The number of hydrogen-bond acceptors (Lipinski definition) is 6. The number of nitrogens with one attached hydrogen (secondary N) is 1. The van der Waals surface area contributed by atoms with Crippen LogP contribution in [-0.2, 0) is 9.59 Å². The van der Waals surface area contributed by atoms with E-state index in [-0.39, 0.29) is 23.0 Å². The fraction of sp³-hybridized carbons (Fsp3) is 0.300. The summed E-state index contributed by atoms with van der Waals surface area (Å²) in [5.74, 6) is -1.88. The maximum atomic E-state index is 11.6. The van der Waals surface area contributed by atoms with Crippen molar-refractivity contribution >= 4 is 45.9 Å². The Balaban J connectivity index is 2.41. The summed E-state index contributed by atoms with van der Waals surface area (Å²) in [6.07, 6.45) is 0. The Hall–Kier alpha value is -1.58. The van der Waals surface area contributed by atoms with Gasteiger partial charge in [0, 0.05) is 5.75 Å². The number of hydrogen-bond donors (Lipinski definition) is 4. The number of thioether (sulfide) groups is 1. The minimum atomic E-state index is -1.11. The van der Waals surface area contributed by atoms with Gasteiger partial charge in [0.1, 0.15) is 11.0 Å². The molecule has 0 bridgehead atoms. The van der Waals surface area contributed by atoms with Crippen molar-refractivity contribution in [3.8, 4) is 0 Å². The van der Waals surface area contributed by atoms with E-state index in [0.717, 1.165) is 11.8 Å². The molecule has 0 radical (unpaired) electrons. The summed E-state index contributed by atoms with van der Waals surface area (Å²) < 4.78 is 0. The van der Waals surface area contributed by atoms with Gasteiger partial charge in [-0.1, -0.05) is 0 Å².